The number of anilines is 3. The van der Waals surface area contributed by atoms with Crippen molar-refractivity contribution in [2.75, 3.05) is 4.90 Å². The van der Waals surface area contributed by atoms with E-state index in [0.29, 0.717) is 0 Å². The van der Waals surface area contributed by atoms with Gasteiger partial charge < -0.3 is 9.47 Å². The minimum Gasteiger partial charge on any atom is -0.309 e. The summed E-state index contributed by atoms with van der Waals surface area (Å²) in [6, 6.07) is 62.8. The summed E-state index contributed by atoms with van der Waals surface area (Å²) in [6.45, 7) is 4.74. The lowest BCUT2D eigenvalue weighted by molar-refractivity contribution is 0.660. The summed E-state index contributed by atoms with van der Waals surface area (Å²) in [5.41, 5.74) is 12.4. The van der Waals surface area contributed by atoms with Crippen molar-refractivity contribution in [3.8, 4) is 16.8 Å². The maximum absolute atomic E-state index is 2.51. The second kappa shape index (κ2) is 10.9. The first kappa shape index (κ1) is 29.6. The van der Waals surface area contributed by atoms with Crippen LogP contribution in [0.1, 0.15) is 25.0 Å². The van der Waals surface area contributed by atoms with Gasteiger partial charge in [0, 0.05) is 48.7 Å². The van der Waals surface area contributed by atoms with E-state index in [2.05, 4.69) is 193 Å². The quantitative estimate of drug-likeness (QED) is 0.179. The zero-order chi connectivity index (χ0) is 34.6. The number of thiophene rings is 1. The van der Waals surface area contributed by atoms with Crippen molar-refractivity contribution in [1.29, 1.82) is 0 Å². The number of hydrogen-bond donors (Lipinski definition) is 0. The summed E-state index contributed by atoms with van der Waals surface area (Å²) in [6.07, 6.45) is 0. The van der Waals surface area contributed by atoms with Crippen LogP contribution in [-0.4, -0.2) is 4.57 Å². The highest BCUT2D eigenvalue weighted by molar-refractivity contribution is 7.27. The molecular formula is C49H34N2S. The van der Waals surface area contributed by atoms with Gasteiger partial charge in [-0.3, -0.25) is 0 Å². The van der Waals surface area contributed by atoms with Gasteiger partial charge in [-0.05, 0) is 81.6 Å². The molecule has 0 fully saturated rings. The molecular weight excluding hydrogens is 649 g/mol. The fraction of sp³-hybridized carbons (Fsp3) is 0.0612. The molecule has 0 N–H and O–H groups in total. The minimum atomic E-state index is -0.111. The molecule has 0 aliphatic heterocycles. The van der Waals surface area contributed by atoms with Crippen LogP contribution in [0, 0.1) is 0 Å². The van der Waals surface area contributed by atoms with Gasteiger partial charge in [-0.2, -0.15) is 0 Å². The molecule has 2 heterocycles. The van der Waals surface area contributed by atoms with Gasteiger partial charge >= 0.3 is 0 Å². The number of benzene rings is 8. The third-order valence-electron chi connectivity index (χ3n) is 11.4. The molecule has 3 heteroatoms. The third-order valence-corrected chi connectivity index (χ3v) is 12.6. The smallest absolute Gasteiger partial charge is 0.0640 e. The van der Waals surface area contributed by atoms with Gasteiger partial charge in [0.15, 0.2) is 0 Å². The van der Waals surface area contributed by atoms with Crippen molar-refractivity contribution in [2.24, 2.45) is 0 Å². The molecule has 0 radical (unpaired) electrons. The van der Waals surface area contributed by atoms with Gasteiger partial charge in [0.1, 0.15) is 0 Å². The number of hydrogen-bond acceptors (Lipinski definition) is 2. The Balaban J connectivity index is 1.21. The molecule has 0 spiro atoms. The number of nitrogens with zero attached hydrogens (tertiary/aromatic N) is 2. The van der Waals surface area contributed by atoms with E-state index < -0.39 is 0 Å². The van der Waals surface area contributed by atoms with E-state index in [9.17, 15) is 0 Å². The highest BCUT2D eigenvalue weighted by atomic mass is 32.1. The van der Waals surface area contributed by atoms with Gasteiger partial charge in [-0.1, -0.05) is 135 Å². The predicted molar refractivity (Wildman–Crippen MR) is 223 cm³/mol. The normalized spacial score (nSPS) is 13.3. The van der Waals surface area contributed by atoms with E-state index in [0.717, 1.165) is 17.1 Å². The minimum absolute atomic E-state index is 0.111. The number of rotatable bonds is 4. The topological polar surface area (TPSA) is 8.17 Å². The first-order chi connectivity index (χ1) is 25.6. The van der Waals surface area contributed by atoms with E-state index in [1.165, 1.54) is 80.7 Å². The Bertz CT molecular complexity index is 3050. The Hall–Kier alpha value is -6.16. The zero-order valence-electron chi connectivity index (χ0n) is 29.0. The Morgan fingerprint density at radius 1 is 0.462 bits per heavy atom. The monoisotopic (exact) mass is 682 g/mol. The van der Waals surface area contributed by atoms with Crippen LogP contribution in [0.25, 0.3) is 69.6 Å². The van der Waals surface area contributed by atoms with Crippen LogP contribution in [0.4, 0.5) is 17.1 Å². The van der Waals surface area contributed by atoms with Gasteiger partial charge in [-0.25, -0.2) is 0 Å². The summed E-state index contributed by atoms with van der Waals surface area (Å²) in [5.74, 6) is 0. The second-order valence-electron chi connectivity index (χ2n) is 14.5. The molecule has 11 rings (SSSR count). The fourth-order valence-corrected chi connectivity index (χ4v) is 10.2. The molecule has 0 atom stereocenters. The van der Waals surface area contributed by atoms with E-state index >= 15 is 0 Å². The van der Waals surface area contributed by atoms with Gasteiger partial charge in [0.2, 0.25) is 0 Å². The predicted octanol–water partition coefficient (Wildman–Crippen LogP) is 14.1. The molecule has 1 aliphatic rings. The van der Waals surface area contributed by atoms with Crippen LogP contribution in [0.5, 0.6) is 0 Å². The Kier molecular flexibility index (Phi) is 6.21. The van der Waals surface area contributed by atoms with Crippen molar-refractivity contribution in [1.82, 2.24) is 4.57 Å². The van der Waals surface area contributed by atoms with Crippen molar-refractivity contribution < 1.29 is 0 Å². The van der Waals surface area contributed by atoms with E-state index in [-0.39, 0.29) is 5.41 Å². The molecule has 1 aliphatic carbocycles. The Morgan fingerprint density at radius 3 is 2.02 bits per heavy atom. The molecule has 0 amide bonds. The molecule has 52 heavy (non-hydrogen) atoms. The Morgan fingerprint density at radius 2 is 1.12 bits per heavy atom. The number of fused-ring (bicyclic) bond motifs is 11. The molecule has 246 valence electrons. The lowest BCUT2D eigenvalue weighted by Gasteiger charge is -2.28. The van der Waals surface area contributed by atoms with Gasteiger partial charge in [-0.15, -0.1) is 11.3 Å². The zero-order valence-corrected chi connectivity index (χ0v) is 29.8. The highest BCUT2D eigenvalue weighted by Crippen LogP contribution is 2.52. The molecule has 10 aromatic rings. The summed E-state index contributed by atoms with van der Waals surface area (Å²) < 4.78 is 5.05. The van der Waals surface area contributed by atoms with Crippen molar-refractivity contribution in [2.45, 2.75) is 19.3 Å². The van der Waals surface area contributed by atoms with Crippen molar-refractivity contribution >= 4 is 81.1 Å². The maximum atomic E-state index is 2.51. The van der Waals surface area contributed by atoms with Crippen LogP contribution in [0.2, 0.25) is 0 Å². The summed E-state index contributed by atoms with van der Waals surface area (Å²) in [4.78, 5) is 2.51. The van der Waals surface area contributed by atoms with E-state index in [1.54, 1.807) is 0 Å². The summed E-state index contributed by atoms with van der Waals surface area (Å²) in [5, 5.41) is 7.70. The number of para-hydroxylation sites is 2. The lowest BCUT2D eigenvalue weighted by atomic mass is 9.82. The van der Waals surface area contributed by atoms with Crippen LogP contribution in [0.3, 0.4) is 0 Å². The van der Waals surface area contributed by atoms with Crippen molar-refractivity contribution in [3.05, 3.63) is 181 Å². The molecule has 8 aromatic carbocycles. The molecule has 2 nitrogen and oxygen atoms in total. The van der Waals surface area contributed by atoms with Gasteiger partial charge in [0.25, 0.3) is 0 Å². The molecule has 0 bridgehead atoms. The molecule has 0 saturated carbocycles. The van der Waals surface area contributed by atoms with Crippen LogP contribution < -0.4 is 4.90 Å². The number of aromatic nitrogens is 1. The SMILES string of the molecule is CC1(C)c2ccccc2-c2ccc(N(c3ccc4c5ccccc5n(-c5ccccc5)c4c3)c3cccc4c3sc3c5ccccc5ccc43)cc21. The largest absolute Gasteiger partial charge is 0.309 e. The molecule has 0 unspecified atom stereocenters. The van der Waals surface area contributed by atoms with Crippen LogP contribution >= 0.6 is 11.3 Å². The summed E-state index contributed by atoms with van der Waals surface area (Å²) in [7, 11) is 0. The lowest BCUT2D eigenvalue weighted by Crippen LogP contribution is -2.16. The van der Waals surface area contributed by atoms with Crippen LogP contribution in [0.15, 0.2) is 170 Å². The fourth-order valence-electron chi connectivity index (χ4n) is 8.90. The van der Waals surface area contributed by atoms with Crippen molar-refractivity contribution in [3.63, 3.8) is 0 Å². The summed E-state index contributed by atoms with van der Waals surface area (Å²) >= 11 is 1.91. The van der Waals surface area contributed by atoms with E-state index in [4.69, 9.17) is 0 Å². The second-order valence-corrected chi connectivity index (χ2v) is 15.6. The van der Waals surface area contributed by atoms with Crippen LogP contribution in [-0.2, 0) is 5.41 Å². The Labute approximate surface area is 306 Å². The average molecular weight is 683 g/mol. The molecule has 2 aromatic heterocycles. The maximum Gasteiger partial charge on any atom is 0.0640 e. The first-order valence-electron chi connectivity index (χ1n) is 18.0. The van der Waals surface area contributed by atoms with E-state index in [1.807, 2.05) is 11.3 Å². The highest BCUT2D eigenvalue weighted by Gasteiger charge is 2.36. The standard InChI is InChI=1S/C49H34N2S/c1-49(2)42-20-10-8-17-36(42)37-27-24-33(29-43(37)49)50(45-22-12-19-40-41-26-23-31-13-6-7-16-35(31)47(41)52-48(40)45)34-25-28-39-38-18-9-11-21-44(38)51(46(39)30-34)32-14-4-3-5-15-32/h3-30H,1-2H3. The molecule has 0 saturated heterocycles. The van der Waals surface area contributed by atoms with Gasteiger partial charge in [0.05, 0.1) is 21.4 Å². The third kappa shape index (κ3) is 4.11. The average Bonchev–Trinajstić information content (AvgIpc) is 3.81. The first-order valence-corrected chi connectivity index (χ1v) is 18.8.